The molecule has 0 radical (unpaired) electrons. The molecule has 1 fully saturated rings. The largest absolute Gasteiger partial charge is 0.416 e. The lowest BCUT2D eigenvalue weighted by molar-refractivity contribution is -0.138. The van der Waals surface area contributed by atoms with E-state index < -0.39 is 17.6 Å². The fourth-order valence-electron chi connectivity index (χ4n) is 2.51. The number of halogens is 3. The van der Waals surface area contributed by atoms with E-state index in [1.807, 2.05) is 0 Å². The maximum Gasteiger partial charge on any atom is 0.416 e. The predicted octanol–water partition coefficient (Wildman–Crippen LogP) is 2.20. The lowest BCUT2D eigenvalue weighted by atomic mass is 10.2. The van der Waals surface area contributed by atoms with Gasteiger partial charge in [-0.05, 0) is 30.8 Å². The van der Waals surface area contributed by atoms with Crippen molar-refractivity contribution in [2.24, 2.45) is 0 Å². The third-order valence-electron chi connectivity index (χ3n) is 3.98. The van der Waals surface area contributed by atoms with E-state index in [1.54, 1.807) is 4.90 Å². The van der Waals surface area contributed by atoms with Crippen molar-refractivity contribution in [2.75, 3.05) is 38.0 Å². The van der Waals surface area contributed by atoms with Gasteiger partial charge in [-0.2, -0.15) is 13.2 Å². The van der Waals surface area contributed by atoms with Crippen LogP contribution >= 0.6 is 0 Å². The standard InChI is InChI=1S/C16H20F3N3O2/c1-2-21-7-9-22(10-8-21)15(24)11-14(23)20-13-5-3-12(4-6-13)16(17,18)19/h3-6H,2,7-11H2,1H3,(H,20,23). The molecule has 1 aliphatic rings. The molecule has 0 unspecified atom stereocenters. The lowest BCUT2D eigenvalue weighted by Gasteiger charge is -2.33. The van der Waals surface area contributed by atoms with Crippen molar-refractivity contribution >= 4 is 17.5 Å². The molecule has 1 saturated heterocycles. The Morgan fingerprint density at radius 3 is 2.17 bits per heavy atom. The van der Waals surface area contributed by atoms with Crippen molar-refractivity contribution < 1.29 is 22.8 Å². The number of likely N-dealkylation sites (N-methyl/N-ethyl adjacent to an activating group) is 1. The van der Waals surface area contributed by atoms with Gasteiger partial charge in [0, 0.05) is 31.9 Å². The Kier molecular flexibility index (Phi) is 5.82. The molecule has 0 bridgehead atoms. The van der Waals surface area contributed by atoms with E-state index in [-0.39, 0.29) is 18.0 Å². The molecule has 0 saturated carbocycles. The third kappa shape index (κ3) is 4.95. The van der Waals surface area contributed by atoms with E-state index in [1.165, 1.54) is 12.1 Å². The Balaban J connectivity index is 1.83. The van der Waals surface area contributed by atoms with E-state index in [0.717, 1.165) is 31.8 Å². The summed E-state index contributed by atoms with van der Waals surface area (Å²) in [6.45, 7) is 5.71. The number of benzene rings is 1. The molecule has 24 heavy (non-hydrogen) atoms. The van der Waals surface area contributed by atoms with Crippen molar-refractivity contribution in [3.05, 3.63) is 29.8 Å². The molecule has 1 heterocycles. The number of carbonyl (C=O) groups excluding carboxylic acids is 2. The van der Waals surface area contributed by atoms with Crippen molar-refractivity contribution in [1.82, 2.24) is 9.80 Å². The molecule has 0 spiro atoms. The Hall–Kier alpha value is -2.09. The summed E-state index contributed by atoms with van der Waals surface area (Å²) >= 11 is 0. The first-order chi connectivity index (χ1) is 11.3. The summed E-state index contributed by atoms with van der Waals surface area (Å²) < 4.78 is 37.4. The fourth-order valence-corrected chi connectivity index (χ4v) is 2.51. The van der Waals surface area contributed by atoms with E-state index >= 15 is 0 Å². The van der Waals surface area contributed by atoms with Gasteiger partial charge in [0.1, 0.15) is 6.42 Å². The van der Waals surface area contributed by atoms with E-state index in [4.69, 9.17) is 0 Å². The summed E-state index contributed by atoms with van der Waals surface area (Å²) in [6.07, 6.45) is -4.73. The maximum absolute atomic E-state index is 12.5. The molecule has 8 heteroatoms. The van der Waals surface area contributed by atoms with Gasteiger partial charge in [-0.3, -0.25) is 9.59 Å². The fraction of sp³-hybridized carbons (Fsp3) is 0.500. The topological polar surface area (TPSA) is 52.7 Å². The highest BCUT2D eigenvalue weighted by molar-refractivity contribution is 6.03. The molecule has 1 aromatic carbocycles. The van der Waals surface area contributed by atoms with Gasteiger partial charge >= 0.3 is 6.18 Å². The van der Waals surface area contributed by atoms with E-state index in [9.17, 15) is 22.8 Å². The van der Waals surface area contributed by atoms with Crippen LogP contribution in [0.4, 0.5) is 18.9 Å². The van der Waals surface area contributed by atoms with Gasteiger partial charge in [0.05, 0.1) is 5.56 Å². The summed E-state index contributed by atoms with van der Waals surface area (Å²) in [6, 6.07) is 4.12. The number of anilines is 1. The van der Waals surface area contributed by atoms with Gasteiger partial charge in [-0.1, -0.05) is 6.92 Å². The number of hydrogen-bond acceptors (Lipinski definition) is 3. The van der Waals surface area contributed by atoms with Crippen molar-refractivity contribution in [3.8, 4) is 0 Å². The Bertz CT molecular complexity index is 579. The summed E-state index contributed by atoms with van der Waals surface area (Å²) in [5.74, 6) is -0.798. The molecule has 1 aliphatic heterocycles. The quantitative estimate of drug-likeness (QED) is 0.853. The van der Waals surface area contributed by atoms with Crippen molar-refractivity contribution in [3.63, 3.8) is 0 Å². The number of carbonyl (C=O) groups is 2. The molecule has 0 atom stereocenters. The molecular weight excluding hydrogens is 323 g/mol. The Morgan fingerprint density at radius 1 is 1.08 bits per heavy atom. The summed E-state index contributed by atoms with van der Waals surface area (Å²) in [4.78, 5) is 27.8. The van der Waals surface area contributed by atoms with Gasteiger partial charge in [0.2, 0.25) is 11.8 Å². The van der Waals surface area contributed by atoms with E-state index in [2.05, 4.69) is 17.1 Å². The van der Waals surface area contributed by atoms with Crippen molar-refractivity contribution in [1.29, 1.82) is 0 Å². The molecule has 0 aromatic heterocycles. The highest BCUT2D eigenvalue weighted by atomic mass is 19.4. The monoisotopic (exact) mass is 343 g/mol. The van der Waals surface area contributed by atoms with Crippen LogP contribution in [0.2, 0.25) is 0 Å². The van der Waals surface area contributed by atoms with E-state index in [0.29, 0.717) is 13.1 Å². The molecule has 5 nitrogen and oxygen atoms in total. The van der Waals surface area contributed by atoms with Crippen LogP contribution in [0.3, 0.4) is 0 Å². The molecule has 1 aromatic rings. The van der Waals surface area contributed by atoms with Crippen LogP contribution in [0, 0.1) is 0 Å². The third-order valence-corrected chi connectivity index (χ3v) is 3.98. The van der Waals surface area contributed by atoms with Crippen LogP contribution in [0.15, 0.2) is 24.3 Å². The number of nitrogens with one attached hydrogen (secondary N) is 1. The van der Waals surface area contributed by atoms with Crippen LogP contribution in [-0.2, 0) is 15.8 Å². The highest BCUT2D eigenvalue weighted by Crippen LogP contribution is 2.29. The second-order valence-electron chi connectivity index (χ2n) is 5.62. The van der Waals surface area contributed by atoms with Crippen LogP contribution in [0.25, 0.3) is 0 Å². The van der Waals surface area contributed by atoms with Gasteiger partial charge < -0.3 is 15.1 Å². The summed E-state index contributed by atoms with van der Waals surface area (Å²) in [5, 5.41) is 2.45. The normalized spacial score (nSPS) is 16.1. The number of piperazine rings is 1. The second kappa shape index (κ2) is 7.65. The molecule has 2 rings (SSSR count). The van der Waals surface area contributed by atoms with Crippen LogP contribution in [0.1, 0.15) is 18.9 Å². The number of rotatable bonds is 4. The number of alkyl halides is 3. The first-order valence-electron chi connectivity index (χ1n) is 7.77. The van der Waals surface area contributed by atoms with Gasteiger partial charge in [0.15, 0.2) is 0 Å². The highest BCUT2D eigenvalue weighted by Gasteiger charge is 2.30. The van der Waals surface area contributed by atoms with Gasteiger partial charge in [0.25, 0.3) is 0 Å². The number of amides is 2. The zero-order valence-electron chi connectivity index (χ0n) is 13.4. The van der Waals surface area contributed by atoms with Crippen molar-refractivity contribution in [2.45, 2.75) is 19.5 Å². The van der Waals surface area contributed by atoms with Crippen LogP contribution in [-0.4, -0.2) is 54.3 Å². The molecule has 132 valence electrons. The summed E-state index contributed by atoms with van der Waals surface area (Å²) in [7, 11) is 0. The van der Waals surface area contributed by atoms with Crippen LogP contribution < -0.4 is 5.32 Å². The molecular formula is C16H20F3N3O2. The SMILES string of the molecule is CCN1CCN(C(=O)CC(=O)Nc2ccc(C(F)(F)F)cc2)CC1. The first-order valence-corrected chi connectivity index (χ1v) is 7.77. The minimum absolute atomic E-state index is 0.233. The molecule has 2 amide bonds. The first kappa shape index (κ1) is 18.3. The Labute approximate surface area is 138 Å². The zero-order valence-corrected chi connectivity index (χ0v) is 13.4. The minimum Gasteiger partial charge on any atom is -0.340 e. The van der Waals surface area contributed by atoms with Gasteiger partial charge in [-0.25, -0.2) is 0 Å². The maximum atomic E-state index is 12.5. The molecule has 1 N–H and O–H groups in total. The zero-order chi connectivity index (χ0) is 17.7. The predicted molar refractivity (Wildman–Crippen MR) is 83.4 cm³/mol. The smallest absolute Gasteiger partial charge is 0.340 e. The lowest BCUT2D eigenvalue weighted by Crippen LogP contribution is -2.49. The molecule has 0 aliphatic carbocycles. The average molecular weight is 343 g/mol. The van der Waals surface area contributed by atoms with Crippen LogP contribution in [0.5, 0.6) is 0 Å². The Morgan fingerprint density at radius 2 is 1.67 bits per heavy atom. The number of hydrogen-bond donors (Lipinski definition) is 1. The second-order valence-corrected chi connectivity index (χ2v) is 5.62. The van der Waals surface area contributed by atoms with Gasteiger partial charge in [-0.15, -0.1) is 0 Å². The number of nitrogens with zero attached hydrogens (tertiary/aromatic N) is 2. The average Bonchev–Trinajstić information content (AvgIpc) is 2.54. The minimum atomic E-state index is -4.42. The summed E-state index contributed by atoms with van der Waals surface area (Å²) in [5.41, 5.74) is -0.554.